The molecule has 5 heteroatoms. The zero-order valence-corrected chi connectivity index (χ0v) is 11.4. The molecule has 0 saturated carbocycles. The molecule has 1 saturated heterocycles. The Morgan fingerprint density at radius 1 is 1.21 bits per heavy atom. The van der Waals surface area contributed by atoms with Gasteiger partial charge in [-0.25, -0.2) is 4.39 Å². The molecular weight excluding hydrogens is 267 g/mol. The number of carbonyl (C=O) groups excluding carboxylic acids is 1. The Morgan fingerprint density at radius 3 is 2.32 bits per heavy atom. The van der Waals surface area contributed by atoms with Gasteiger partial charge in [0.05, 0.1) is 0 Å². The van der Waals surface area contributed by atoms with Gasteiger partial charge in [-0.05, 0) is 24.3 Å². The topological polar surface area (TPSA) is 23.6 Å². The predicted octanol–water partition coefficient (Wildman–Crippen LogP) is 2.34. The van der Waals surface area contributed by atoms with E-state index < -0.39 is 0 Å². The average Bonchev–Trinajstić information content (AvgIpc) is 2.39. The lowest BCUT2D eigenvalue weighted by Crippen LogP contribution is -2.48. The molecule has 1 aromatic rings. The van der Waals surface area contributed by atoms with E-state index in [4.69, 9.17) is 11.6 Å². The molecule has 0 bridgehead atoms. The summed E-state index contributed by atoms with van der Waals surface area (Å²) in [6, 6.07) is 5.65. The largest absolute Gasteiger partial charge is 0.336 e. The molecule has 3 nitrogen and oxygen atoms in total. The average molecular weight is 283 g/mol. The first-order chi connectivity index (χ1) is 9.06. The highest BCUT2D eigenvalue weighted by atomic mass is 35.5. The second kappa shape index (κ2) is 6.17. The van der Waals surface area contributed by atoms with Crippen LogP contribution in [0, 0.1) is 5.82 Å². The fourth-order valence-electron chi connectivity index (χ4n) is 2.13. The number of carbonyl (C=O) groups is 1. The van der Waals surface area contributed by atoms with Crippen LogP contribution in [-0.2, 0) is 0 Å². The molecule has 1 aliphatic heterocycles. The zero-order valence-electron chi connectivity index (χ0n) is 10.6. The van der Waals surface area contributed by atoms with E-state index in [1.54, 1.807) is 4.90 Å². The third kappa shape index (κ3) is 3.78. The molecule has 1 aliphatic rings. The Kier molecular flexibility index (Phi) is 4.56. The quantitative estimate of drug-likeness (QED) is 0.850. The summed E-state index contributed by atoms with van der Waals surface area (Å²) in [5, 5.41) is 0.610. The Morgan fingerprint density at radius 2 is 1.79 bits per heavy atom. The predicted molar refractivity (Wildman–Crippen MR) is 73.7 cm³/mol. The minimum atomic E-state index is -0.331. The molecule has 102 valence electrons. The summed E-state index contributed by atoms with van der Waals surface area (Å²) >= 11 is 5.77. The molecule has 0 aromatic heterocycles. The van der Waals surface area contributed by atoms with Crippen molar-refractivity contribution >= 4 is 17.5 Å². The maximum atomic E-state index is 12.8. The van der Waals surface area contributed by atoms with E-state index in [-0.39, 0.29) is 11.7 Å². The molecule has 0 aliphatic carbocycles. The van der Waals surface area contributed by atoms with E-state index in [1.807, 2.05) is 0 Å². The molecule has 1 heterocycles. The van der Waals surface area contributed by atoms with Crippen LogP contribution in [0.3, 0.4) is 0 Å². The monoisotopic (exact) mass is 282 g/mol. The van der Waals surface area contributed by atoms with Gasteiger partial charge in [0, 0.05) is 43.3 Å². The molecule has 1 amide bonds. The standard InChI is InChI=1S/C14H16ClFN2O/c1-11(15)10-17-6-8-18(9-7-17)14(19)12-2-4-13(16)5-3-12/h2-5H,1,6-10H2. The normalized spacial score (nSPS) is 16.4. The van der Waals surface area contributed by atoms with Gasteiger partial charge in [0.1, 0.15) is 5.82 Å². The van der Waals surface area contributed by atoms with Crippen molar-refractivity contribution in [3.05, 3.63) is 47.3 Å². The number of nitrogens with zero attached hydrogens (tertiary/aromatic N) is 2. The summed E-state index contributed by atoms with van der Waals surface area (Å²) in [5.74, 6) is -0.383. The summed E-state index contributed by atoms with van der Waals surface area (Å²) < 4.78 is 12.8. The van der Waals surface area contributed by atoms with Gasteiger partial charge in [-0.15, -0.1) is 0 Å². The van der Waals surface area contributed by atoms with Crippen LogP contribution in [0.25, 0.3) is 0 Å². The van der Waals surface area contributed by atoms with E-state index in [9.17, 15) is 9.18 Å². The van der Waals surface area contributed by atoms with E-state index >= 15 is 0 Å². The molecule has 0 atom stereocenters. The van der Waals surface area contributed by atoms with Crippen LogP contribution < -0.4 is 0 Å². The van der Waals surface area contributed by atoms with Gasteiger partial charge in [0.2, 0.25) is 0 Å². The van der Waals surface area contributed by atoms with Crippen LogP contribution in [0.4, 0.5) is 4.39 Å². The first kappa shape index (κ1) is 14.0. The Hall–Kier alpha value is -1.39. The third-order valence-corrected chi connectivity index (χ3v) is 3.27. The van der Waals surface area contributed by atoms with Crippen LogP contribution in [0.1, 0.15) is 10.4 Å². The van der Waals surface area contributed by atoms with Gasteiger partial charge < -0.3 is 4.90 Å². The van der Waals surface area contributed by atoms with Crippen LogP contribution in [0.15, 0.2) is 35.9 Å². The lowest BCUT2D eigenvalue weighted by molar-refractivity contribution is 0.0649. The van der Waals surface area contributed by atoms with Crippen LogP contribution in [0.2, 0.25) is 0 Å². The number of halogens is 2. The van der Waals surface area contributed by atoms with Crippen molar-refractivity contribution in [3.8, 4) is 0 Å². The maximum Gasteiger partial charge on any atom is 0.253 e. The van der Waals surface area contributed by atoms with Gasteiger partial charge in [0.15, 0.2) is 0 Å². The molecule has 0 N–H and O–H groups in total. The number of hydrogen-bond acceptors (Lipinski definition) is 2. The lowest BCUT2D eigenvalue weighted by atomic mass is 10.2. The van der Waals surface area contributed by atoms with Crippen molar-refractivity contribution < 1.29 is 9.18 Å². The molecular formula is C14H16ClFN2O. The first-order valence-corrected chi connectivity index (χ1v) is 6.54. The summed E-state index contributed by atoms with van der Waals surface area (Å²) in [4.78, 5) is 16.1. The van der Waals surface area contributed by atoms with Crippen molar-refractivity contribution in [3.63, 3.8) is 0 Å². The summed E-state index contributed by atoms with van der Waals surface area (Å²) in [6.07, 6.45) is 0. The SMILES string of the molecule is C=C(Cl)CN1CCN(C(=O)c2ccc(F)cc2)CC1. The second-order valence-electron chi connectivity index (χ2n) is 4.59. The van der Waals surface area contributed by atoms with Gasteiger partial charge in [-0.1, -0.05) is 18.2 Å². The van der Waals surface area contributed by atoms with Crippen molar-refractivity contribution in [2.24, 2.45) is 0 Å². The maximum absolute atomic E-state index is 12.8. The fourth-order valence-corrected chi connectivity index (χ4v) is 2.30. The highest BCUT2D eigenvalue weighted by Gasteiger charge is 2.22. The highest BCUT2D eigenvalue weighted by molar-refractivity contribution is 6.29. The Labute approximate surface area is 117 Å². The van der Waals surface area contributed by atoms with Gasteiger partial charge in [0.25, 0.3) is 5.91 Å². The minimum Gasteiger partial charge on any atom is -0.336 e. The van der Waals surface area contributed by atoms with Gasteiger partial charge in [-0.3, -0.25) is 9.69 Å². The fraction of sp³-hybridized carbons (Fsp3) is 0.357. The zero-order chi connectivity index (χ0) is 13.8. The number of piperazine rings is 1. The lowest BCUT2D eigenvalue weighted by Gasteiger charge is -2.34. The summed E-state index contributed by atoms with van der Waals surface area (Å²) in [5.41, 5.74) is 0.525. The van der Waals surface area contributed by atoms with E-state index in [0.717, 1.165) is 13.1 Å². The second-order valence-corrected chi connectivity index (χ2v) is 5.13. The van der Waals surface area contributed by atoms with Gasteiger partial charge >= 0.3 is 0 Å². The molecule has 2 rings (SSSR count). The molecule has 0 radical (unpaired) electrons. The summed E-state index contributed by atoms with van der Waals surface area (Å²) in [7, 11) is 0. The van der Waals surface area contributed by atoms with Crippen LogP contribution in [0.5, 0.6) is 0 Å². The third-order valence-electron chi connectivity index (χ3n) is 3.15. The Balaban J connectivity index is 1.92. The number of benzene rings is 1. The Bertz CT molecular complexity index is 467. The van der Waals surface area contributed by atoms with Crippen molar-refractivity contribution in [1.82, 2.24) is 9.80 Å². The van der Waals surface area contributed by atoms with Gasteiger partial charge in [-0.2, -0.15) is 0 Å². The summed E-state index contributed by atoms with van der Waals surface area (Å²) in [6.45, 7) is 7.18. The highest BCUT2D eigenvalue weighted by Crippen LogP contribution is 2.11. The number of amides is 1. The number of rotatable bonds is 3. The van der Waals surface area contributed by atoms with E-state index in [2.05, 4.69) is 11.5 Å². The van der Waals surface area contributed by atoms with Crippen LogP contribution >= 0.6 is 11.6 Å². The molecule has 1 fully saturated rings. The minimum absolute atomic E-state index is 0.0515. The molecule has 0 unspecified atom stereocenters. The van der Waals surface area contributed by atoms with Crippen molar-refractivity contribution in [1.29, 1.82) is 0 Å². The van der Waals surface area contributed by atoms with E-state index in [1.165, 1.54) is 24.3 Å². The molecule has 19 heavy (non-hydrogen) atoms. The molecule has 0 spiro atoms. The first-order valence-electron chi connectivity index (χ1n) is 6.17. The van der Waals surface area contributed by atoms with Crippen LogP contribution in [-0.4, -0.2) is 48.4 Å². The smallest absolute Gasteiger partial charge is 0.253 e. The molecule has 1 aromatic carbocycles. The van der Waals surface area contributed by atoms with Crippen molar-refractivity contribution in [2.75, 3.05) is 32.7 Å². The van der Waals surface area contributed by atoms with E-state index in [0.29, 0.717) is 30.2 Å². The van der Waals surface area contributed by atoms with Crippen molar-refractivity contribution in [2.45, 2.75) is 0 Å². The number of hydrogen-bond donors (Lipinski definition) is 0.